The monoisotopic (exact) mass is 243 g/mol. The van der Waals surface area contributed by atoms with E-state index in [1.54, 1.807) is 0 Å². The maximum absolute atomic E-state index is 5.86. The molecule has 0 aliphatic heterocycles. The molecule has 0 fully saturated rings. The average Bonchev–Trinajstić information content (AvgIpc) is 2.41. The Labute approximate surface area is 109 Å². The maximum atomic E-state index is 5.86. The fourth-order valence-corrected chi connectivity index (χ4v) is 2.28. The van der Waals surface area contributed by atoms with Crippen LogP contribution < -0.4 is 5.73 Å². The van der Waals surface area contributed by atoms with E-state index in [0.29, 0.717) is 19.8 Å². The van der Waals surface area contributed by atoms with Gasteiger partial charge in [0.05, 0.1) is 13.2 Å². The first-order chi connectivity index (χ1) is 8.85. The van der Waals surface area contributed by atoms with Gasteiger partial charge in [-0.3, -0.25) is 0 Å². The van der Waals surface area contributed by atoms with Gasteiger partial charge >= 0.3 is 0 Å². The molecule has 1 aromatic rings. The molecule has 0 amide bonds. The number of hydrogen-bond donors (Lipinski definition) is 1. The zero-order valence-electron chi connectivity index (χ0n) is 10.7. The van der Waals surface area contributed by atoms with Gasteiger partial charge in [-0.2, -0.15) is 0 Å². The third-order valence-electron chi connectivity index (χ3n) is 3.26. The van der Waals surface area contributed by atoms with E-state index < -0.39 is 0 Å². The molecule has 18 heavy (non-hydrogen) atoms. The summed E-state index contributed by atoms with van der Waals surface area (Å²) < 4.78 is 5.86. The zero-order valence-corrected chi connectivity index (χ0v) is 10.7. The van der Waals surface area contributed by atoms with Gasteiger partial charge in [0.25, 0.3) is 0 Å². The van der Waals surface area contributed by atoms with Crippen molar-refractivity contribution in [3.05, 3.63) is 60.2 Å². The van der Waals surface area contributed by atoms with Crippen LogP contribution in [0.5, 0.6) is 0 Å². The Kier molecular flexibility index (Phi) is 4.73. The molecule has 96 valence electrons. The highest BCUT2D eigenvalue weighted by atomic mass is 16.5. The molecule has 2 N–H and O–H groups in total. The first-order valence-electron chi connectivity index (χ1n) is 6.52. The number of benzene rings is 1. The Bertz CT molecular complexity index is 396. The van der Waals surface area contributed by atoms with Crippen molar-refractivity contribution in [2.24, 2.45) is 11.1 Å². The van der Waals surface area contributed by atoms with Crippen LogP contribution in [-0.4, -0.2) is 13.2 Å². The van der Waals surface area contributed by atoms with Crippen molar-refractivity contribution in [3.63, 3.8) is 0 Å². The van der Waals surface area contributed by atoms with Crippen LogP contribution in [0.3, 0.4) is 0 Å². The van der Waals surface area contributed by atoms with Gasteiger partial charge in [-0.15, -0.1) is 0 Å². The highest BCUT2D eigenvalue weighted by molar-refractivity contribution is 5.18. The van der Waals surface area contributed by atoms with E-state index in [1.807, 2.05) is 18.2 Å². The molecular formula is C16H21NO. The van der Waals surface area contributed by atoms with E-state index in [-0.39, 0.29) is 5.41 Å². The summed E-state index contributed by atoms with van der Waals surface area (Å²) in [6.45, 7) is 2.05. The smallest absolute Gasteiger partial charge is 0.0717 e. The summed E-state index contributed by atoms with van der Waals surface area (Å²) in [7, 11) is 0. The number of rotatable bonds is 6. The second-order valence-corrected chi connectivity index (χ2v) is 4.79. The van der Waals surface area contributed by atoms with Gasteiger partial charge in [0, 0.05) is 5.41 Å². The van der Waals surface area contributed by atoms with Crippen LogP contribution in [0.1, 0.15) is 18.4 Å². The van der Waals surface area contributed by atoms with Crippen LogP contribution in [0.15, 0.2) is 54.6 Å². The van der Waals surface area contributed by atoms with Crippen LogP contribution in [-0.2, 0) is 11.3 Å². The largest absolute Gasteiger partial charge is 0.376 e. The van der Waals surface area contributed by atoms with Crippen molar-refractivity contribution >= 4 is 0 Å². The van der Waals surface area contributed by atoms with E-state index in [9.17, 15) is 0 Å². The maximum Gasteiger partial charge on any atom is 0.0717 e. The van der Waals surface area contributed by atoms with Crippen molar-refractivity contribution in [2.75, 3.05) is 13.2 Å². The van der Waals surface area contributed by atoms with Crippen LogP contribution in [0.2, 0.25) is 0 Å². The van der Waals surface area contributed by atoms with Crippen molar-refractivity contribution in [1.29, 1.82) is 0 Å². The predicted octanol–water partition coefficient (Wildman–Crippen LogP) is 3.05. The summed E-state index contributed by atoms with van der Waals surface area (Å²) in [5.74, 6) is 0. The first kappa shape index (κ1) is 13.1. The molecule has 2 rings (SSSR count). The topological polar surface area (TPSA) is 35.2 Å². The summed E-state index contributed by atoms with van der Waals surface area (Å²) in [4.78, 5) is 0. The Morgan fingerprint density at radius 2 is 1.83 bits per heavy atom. The molecule has 2 heteroatoms. The summed E-state index contributed by atoms with van der Waals surface area (Å²) in [6.07, 6.45) is 10.8. The molecule has 1 aliphatic rings. The standard InChI is InChI=1S/C16H21NO/c17-12-11-16(9-5-2-6-10-16)14-18-13-15-7-3-1-4-8-15/h1,3-10H,2,11-14,17H2. The molecule has 0 atom stereocenters. The molecule has 0 radical (unpaired) electrons. The Morgan fingerprint density at radius 1 is 1.11 bits per heavy atom. The Morgan fingerprint density at radius 3 is 2.50 bits per heavy atom. The van der Waals surface area contributed by atoms with Crippen molar-refractivity contribution < 1.29 is 4.74 Å². The molecule has 0 bridgehead atoms. The van der Waals surface area contributed by atoms with E-state index in [1.165, 1.54) is 5.56 Å². The van der Waals surface area contributed by atoms with Crippen LogP contribution in [0, 0.1) is 5.41 Å². The minimum absolute atomic E-state index is 0.00177. The number of allylic oxidation sites excluding steroid dienone is 2. The molecule has 0 heterocycles. The van der Waals surface area contributed by atoms with Gasteiger partial charge in [0.1, 0.15) is 0 Å². The lowest BCUT2D eigenvalue weighted by Crippen LogP contribution is -2.26. The lowest BCUT2D eigenvalue weighted by atomic mass is 9.82. The van der Waals surface area contributed by atoms with Gasteiger partial charge < -0.3 is 10.5 Å². The number of ether oxygens (including phenoxy) is 1. The lowest BCUT2D eigenvalue weighted by Gasteiger charge is -2.28. The quantitative estimate of drug-likeness (QED) is 0.779. The molecule has 1 aliphatic carbocycles. The summed E-state index contributed by atoms with van der Waals surface area (Å²) >= 11 is 0. The molecule has 0 saturated carbocycles. The fourth-order valence-electron chi connectivity index (χ4n) is 2.28. The van der Waals surface area contributed by atoms with E-state index in [4.69, 9.17) is 10.5 Å². The van der Waals surface area contributed by atoms with E-state index in [2.05, 4.69) is 36.4 Å². The summed E-state index contributed by atoms with van der Waals surface area (Å²) in [6, 6.07) is 10.3. The van der Waals surface area contributed by atoms with Crippen LogP contribution in [0.4, 0.5) is 0 Å². The fraction of sp³-hybridized carbons (Fsp3) is 0.375. The number of hydrogen-bond acceptors (Lipinski definition) is 2. The lowest BCUT2D eigenvalue weighted by molar-refractivity contribution is 0.0725. The van der Waals surface area contributed by atoms with E-state index >= 15 is 0 Å². The van der Waals surface area contributed by atoms with Crippen molar-refractivity contribution in [2.45, 2.75) is 19.4 Å². The Hall–Kier alpha value is -1.38. The van der Waals surface area contributed by atoms with Crippen LogP contribution >= 0.6 is 0 Å². The van der Waals surface area contributed by atoms with Gasteiger partial charge in [-0.05, 0) is 24.9 Å². The molecule has 0 saturated heterocycles. The third kappa shape index (κ3) is 3.56. The molecule has 0 spiro atoms. The highest BCUT2D eigenvalue weighted by Crippen LogP contribution is 2.29. The molecule has 2 nitrogen and oxygen atoms in total. The second-order valence-electron chi connectivity index (χ2n) is 4.79. The highest BCUT2D eigenvalue weighted by Gasteiger charge is 2.24. The average molecular weight is 243 g/mol. The molecule has 0 unspecified atom stereocenters. The third-order valence-corrected chi connectivity index (χ3v) is 3.26. The second kappa shape index (κ2) is 6.53. The molecule has 0 aromatic heterocycles. The van der Waals surface area contributed by atoms with Gasteiger partial charge in [-0.25, -0.2) is 0 Å². The normalized spacial score (nSPS) is 16.9. The molecular weight excluding hydrogens is 222 g/mol. The SMILES string of the molecule is NCCC1(COCc2ccccc2)C=CCC=C1. The zero-order chi connectivity index (χ0) is 12.7. The minimum Gasteiger partial charge on any atom is -0.376 e. The van der Waals surface area contributed by atoms with Gasteiger partial charge in [0.2, 0.25) is 0 Å². The Balaban J connectivity index is 1.89. The first-order valence-corrected chi connectivity index (χ1v) is 6.52. The molecule has 1 aromatic carbocycles. The predicted molar refractivity (Wildman–Crippen MR) is 75.1 cm³/mol. The summed E-state index contributed by atoms with van der Waals surface area (Å²) in [5, 5.41) is 0. The van der Waals surface area contributed by atoms with Crippen LogP contribution in [0.25, 0.3) is 0 Å². The van der Waals surface area contributed by atoms with Crippen molar-refractivity contribution in [1.82, 2.24) is 0 Å². The van der Waals surface area contributed by atoms with Gasteiger partial charge in [-0.1, -0.05) is 54.6 Å². The minimum atomic E-state index is 0.00177. The van der Waals surface area contributed by atoms with Crippen molar-refractivity contribution in [3.8, 4) is 0 Å². The summed E-state index contributed by atoms with van der Waals surface area (Å²) in [5.41, 5.74) is 6.92. The number of nitrogens with two attached hydrogens (primary N) is 1. The van der Waals surface area contributed by atoms with E-state index in [0.717, 1.165) is 12.8 Å². The van der Waals surface area contributed by atoms with Gasteiger partial charge in [0.15, 0.2) is 0 Å².